The highest BCUT2D eigenvalue weighted by Crippen LogP contribution is 2.42. The molecule has 0 bridgehead atoms. The number of hydrogen-bond acceptors (Lipinski definition) is 4. The van der Waals surface area contributed by atoms with E-state index < -0.39 is 0 Å². The van der Waals surface area contributed by atoms with Crippen molar-refractivity contribution in [2.45, 2.75) is 51.4 Å². The number of aromatic hydroxyl groups is 1. The molecule has 39 heavy (non-hydrogen) atoms. The summed E-state index contributed by atoms with van der Waals surface area (Å²) in [5, 5.41) is 21.2. The van der Waals surface area contributed by atoms with E-state index in [1.165, 1.54) is 10.7 Å². The monoisotopic (exact) mass is 522 g/mol. The molecule has 4 aromatic rings. The second-order valence-electron chi connectivity index (χ2n) is 11.1. The zero-order valence-corrected chi connectivity index (χ0v) is 22.6. The number of aromatic nitrogens is 2. The number of phenolic OH excluding ortho intramolecular Hbond substituents is 1. The second kappa shape index (κ2) is 10.8. The van der Waals surface area contributed by atoms with Gasteiger partial charge >= 0.3 is 6.03 Å². The summed E-state index contributed by atoms with van der Waals surface area (Å²) in [6.07, 6.45) is 2.75. The van der Waals surface area contributed by atoms with Gasteiger partial charge in [-0.2, -0.15) is 9.78 Å². The lowest BCUT2D eigenvalue weighted by molar-refractivity contribution is 0.102. The molecule has 1 saturated carbocycles. The number of rotatable bonds is 7. The van der Waals surface area contributed by atoms with Crippen molar-refractivity contribution in [3.8, 4) is 17.0 Å². The smallest absolute Gasteiger partial charge is 0.342 e. The Morgan fingerprint density at radius 2 is 1.69 bits per heavy atom. The molecule has 0 aliphatic heterocycles. The fraction of sp³-hybridized carbons (Fsp3) is 0.281. The van der Waals surface area contributed by atoms with Crippen LogP contribution in [0.2, 0.25) is 0 Å². The van der Waals surface area contributed by atoms with E-state index in [0.29, 0.717) is 29.1 Å². The van der Waals surface area contributed by atoms with Crippen molar-refractivity contribution in [1.82, 2.24) is 15.1 Å². The van der Waals surface area contributed by atoms with Crippen LogP contribution >= 0.6 is 0 Å². The lowest BCUT2D eigenvalue weighted by Gasteiger charge is -2.19. The van der Waals surface area contributed by atoms with Gasteiger partial charge in [0, 0.05) is 35.3 Å². The molecule has 0 spiro atoms. The van der Waals surface area contributed by atoms with Gasteiger partial charge in [0.15, 0.2) is 0 Å². The molecule has 3 aromatic carbocycles. The van der Waals surface area contributed by atoms with Crippen molar-refractivity contribution in [2.75, 3.05) is 11.9 Å². The molecule has 1 heterocycles. The van der Waals surface area contributed by atoms with Crippen LogP contribution in [0.1, 0.15) is 66.7 Å². The molecule has 1 fully saturated rings. The molecule has 0 unspecified atom stereocenters. The molecule has 0 saturated heterocycles. The van der Waals surface area contributed by atoms with E-state index in [0.717, 1.165) is 36.1 Å². The molecule has 1 aliphatic carbocycles. The summed E-state index contributed by atoms with van der Waals surface area (Å²) in [7, 11) is 0. The average molecular weight is 523 g/mol. The molecule has 200 valence electrons. The third-order valence-corrected chi connectivity index (χ3v) is 7.00. The minimum absolute atomic E-state index is 0.00577. The third-order valence-electron chi connectivity index (χ3n) is 7.00. The Bertz CT molecular complexity index is 1480. The summed E-state index contributed by atoms with van der Waals surface area (Å²) >= 11 is 0. The van der Waals surface area contributed by atoms with Gasteiger partial charge in [-0.3, -0.25) is 4.79 Å². The van der Waals surface area contributed by atoms with Crippen LogP contribution in [0, 0.1) is 0 Å². The van der Waals surface area contributed by atoms with E-state index in [1.54, 1.807) is 24.3 Å². The van der Waals surface area contributed by atoms with Crippen LogP contribution in [0.5, 0.6) is 5.75 Å². The van der Waals surface area contributed by atoms with Crippen LogP contribution in [0.15, 0.2) is 78.9 Å². The second-order valence-corrected chi connectivity index (χ2v) is 11.1. The molecule has 7 nitrogen and oxygen atoms in total. The number of nitrogens with one attached hydrogen (secondary N) is 2. The van der Waals surface area contributed by atoms with Crippen molar-refractivity contribution in [1.29, 1.82) is 0 Å². The average Bonchev–Trinajstić information content (AvgIpc) is 3.67. The van der Waals surface area contributed by atoms with E-state index in [9.17, 15) is 14.7 Å². The molecule has 3 N–H and O–H groups in total. The van der Waals surface area contributed by atoms with Crippen molar-refractivity contribution in [2.24, 2.45) is 0 Å². The van der Waals surface area contributed by atoms with Gasteiger partial charge in [0.1, 0.15) is 5.75 Å². The van der Waals surface area contributed by atoms with Gasteiger partial charge in [0.2, 0.25) is 0 Å². The van der Waals surface area contributed by atoms with Gasteiger partial charge < -0.3 is 15.7 Å². The molecule has 1 aliphatic rings. The maximum Gasteiger partial charge on any atom is 0.342 e. The quantitative estimate of drug-likeness (QED) is 0.259. The van der Waals surface area contributed by atoms with Crippen molar-refractivity contribution < 1.29 is 14.7 Å². The number of carbonyl (C=O) groups excluding carboxylic acids is 2. The SMILES string of the molecule is CC(C)(C)c1ccc(C(=O)Nc2ccc(-c3cc(C4CC4)n(C(=O)NCCc4ccccc4)n3)c(O)c2)cc1. The number of benzene rings is 3. The van der Waals surface area contributed by atoms with E-state index in [-0.39, 0.29) is 29.0 Å². The molecule has 0 radical (unpaired) electrons. The predicted octanol–water partition coefficient (Wildman–Crippen LogP) is 6.48. The predicted molar refractivity (Wildman–Crippen MR) is 153 cm³/mol. The normalized spacial score (nSPS) is 13.2. The molecule has 2 amide bonds. The highest BCUT2D eigenvalue weighted by atomic mass is 16.3. The minimum Gasteiger partial charge on any atom is -0.507 e. The zero-order chi connectivity index (χ0) is 27.6. The molecular formula is C32H34N4O3. The zero-order valence-electron chi connectivity index (χ0n) is 22.6. The fourth-order valence-electron chi connectivity index (χ4n) is 4.54. The molecule has 7 heteroatoms. The Morgan fingerprint density at radius 1 is 0.974 bits per heavy atom. The lowest BCUT2D eigenvalue weighted by atomic mass is 9.87. The fourth-order valence-corrected chi connectivity index (χ4v) is 4.54. The first-order valence-corrected chi connectivity index (χ1v) is 13.4. The highest BCUT2D eigenvalue weighted by molar-refractivity contribution is 6.04. The molecule has 5 rings (SSSR count). The number of nitrogens with zero attached hydrogens (tertiary/aromatic N) is 2. The number of phenols is 1. The largest absolute Gasteiger partial charge is 0.507 e. The van der Waals surface area contributed by atoms with E-state index >= 15 is 0 Å². The number of amides is 2. The first-order valence-electron chi connectivity index (χ1n) is 13.4. The number of hydrogen-bond donors (Lipinski definition) is 3. The van der Waals surface area contributed by atoms with E-state index in [2.05, 4.69) is 36.5 Å². The Morgan fingerprint density at radius 3 is 2.33 bits per heavy atom. The summed E-state index contributed by atoms with van der Waals surface area (Å²) in [5.74, 6) is 0.0129. The Hall–Kier alpha value is -4.39. The Labute approximate surface area is 228 Å². The maximum absolute atomic E-state index is 13.0. The van der Waals surface area contributed by atoms with Crippen LogP contribution < -0.4 is 10.6 Å². The van der Waals surface area contributed by atoms with Gasteiger partial charge in [0.25, 0.3) is 5.91 Å². The summed E-state index contributed by atoms with van der Waals surface area (Å²) in [4.78, 5) is 25.8. The first kappa shape index (κ1) is 26.2. The molecule has 0 atom stereocenters. The number of anilines is 1. The molecule has 1 aromatic heterocycles. The van der Waals surface area contributed by atoms with Gasteiger partial charge in [-0.15, -0.1) is 0 Å². The van der Waals surface area contributed by atoms with Crippen molar-refractivity contribution in [3.63, 3.8) is 0 Å². The van der Waals surface area contributed by atoms with Crippen molar-refractivity contribution >= 4 is 17.6 Å². The highest BCUT2D eigenvalue weighted by Gasteiger charge is 2.30. The maximum atomic E-state index is 13.0. The Balaban J connectivity index is 1.28. The van der Waals surface area contributed by atoms with E-state index in [1.807, 2.05) is 48.5 Å². The standard InChI is InChI=1S/C32H34N4O3/c1-32(2,3)24-13-11-23(12-14-24)30(38)34-25-15-16-26(29(37)19-25)27-20-28(22-9-10-22)36(35-27)31(39)33-18-17-21-7-5-4-6-8-21/h4-8,11-16,19-20,22,37H,9-10,17-18H2,1-3H3,(H,33,39)(H,34,38). The van der Waals surface area contributed by atoms with Crippen LogP contribution in [0.3, 0.4) is 0 Å². The summed E-state index contributed by atoms with van der Waals surface area (Å²) in [6.45, 7) is 6.88. The van der Waals surface area contributed by atoms with Gasteiger partial charge in [-0.25, -0.2) is 4.79 Å². The first-order chi connectivity index (χ1) is 18.7. The van der Waals surface area contributed by atoms with Crippen molar-refractivity contribution in [3.05, 3.63) is 101 Å². The van der Waals surface area contributed by atoms with E-state index in [4.69, 9.17) is 0 Å². The summed E-state index contributed by atoms with van der Waals surface area (Å²) in [5.41, 5.74) is 5.18. The van der Waals surface area contributed by atoms with Crippen LogP contribution in [-0.2, 0) is 11.8 Å². The lowest BCUT2D eigenvalue weighted by Crippen LogP contribution is -2.32. The van der Waals surface area contributed by atoms with Gasteiger partial charge in [-0.1, -0.05) is 63.2 Å². The summed E-state index contributed by atoms with van der Waals surface area (Å²) < 4.78 is 1.42. The van der Waals surface area contributed by atoms with Gasteiger partial charge in [0.05, 0.1) is 11.4 Å². The van der Waals surface area contributed by atoms with Crippen LogP contribution in [-0.4, -0.2) is 33.4 Å². The topological polar surface area (TPSA) is 96.3 Å². The third kappa shape index (κ3) is 6.20. The number of carbonyl (C=O) groups is 2. The van der Waals surface area contributed by atoms with Crippen LogP contribution in [0.4, 0.5) is 10.5 Å². The summed E-state index contributed by atoms with van der Waals surface area (Å²) in [6, 6.07) is 24.1. The Kier molecular flexibility index (Phi) is 7.24. The molecular weight excluding hydrogens is 488 g/mol. The van der Waals surface area contributed by atoms with Crippen LogP contribution in [0.25, 0.3) is 11.3 Å². The minimum atomic E-state index is -0.278. The van der Waals surface area contributed by atoms with Gasteiger partial charge in [-0.05, 0) is 66.1 Å².